The zero-order chi connectivity index (χ0) is 16.1. The van der Waals surface area contributed by atoms with Crippen molar-refractivity contribution in [1.29, 1.82) is 0 Å². The molecular weight excluding hydrogens is 268 g/mol. The van der Waals surface area contributed by atoms with E-state index < -0.39 is 11.7 Å². The van der Waals surface area contributed by atoms with Gasteiger partial charge in [0.05, 0.1) is 6.54 Å². The average molecular weight is 296 g/mol. The Morgan fingerprint density at radius 1 is 1.19 bits per heavy atom. The third-order valence-electron chi connectivity index (χ3n) is 2.88. The third-order valence-corrected chi connectivity index (χ3v) is 2.88. The Morgan fingerprint density at radius 3 is 2.33 bits per heavy atom. The third kappa shape index (κ3) is 7.18. The quantitative estimate of drug-likeness (QED) is 0.846. The molecule has 0 atom stereocenters. The van der Waals surface area contributed by atoms with Gasteiger partial charge < -0.3 is 19.8 Å². The summed E-state index contributed by atoms with van der Waals surface area (Å²) in [6.07, 6.45) is 0.493. The molecule has 0 aromatic carbocycles. The Labute approximate surface area is 127 Å². The fourth-order valence-corrected chi connectivity index (χ4v) is 1.70. The highest BCUT2D eigenvalue weighted by atomic mass is 16.6. The summed E-state index contributed by atoms with van der Waals surface area (Å²) in [6, 6.07) is 3.96. The molecule has 2 N–H and O–H groups in total. The lowest BCUT2D eigenvalue weighted by atomic mass is 10.1. The summed E-state index contributed by atoms with van der Waals surface area (Å²) in [5.41, 5.74) is -0.734. The molecule has 0 bridgehead atoms. The van der Waals surface area contributed by atoms with Crippen molar-refractivity contribution < 1.29 is 13.9 Å². The van der Waals surface area contributed by atoms with E-state index in [4.69, 9.17) is 9.15 Å². The van der Waals surface area contributed by atoms with Gasteiger partial charge in [-0.3, -0.25) is 0 Å². The molecule has 0 unspecified atom stereocenters. The fourth-order valence-electron chi connectivity index (χ4n) is 1.70. The summed E-state index contributed by atoms with van der Waals surface area (Å²) >= 11 is 0. The van der Waals surface area contributed by atoms with Gasteiger partial charge in [0.2, 0.25) is 0 Å². The standard InChI is InChI=1S/C16H28N2O3/c1-7-12-8-9-13(20-12)10-18-16(5,6)11-17-14(19)21-15(2,3)4/h8-9,18H,7,10-11H2,1-6H3,(H,17,19). The lowest BCUT2D eigenvalue weighted by molar-refractivity contribution is 0.0513. The van der Waals surface area contributed by atoms with E-state index >= 15 is 0 Å². The van der Waals surface area contributed by atoms with E-state index in [1.54, 1.807) is 0 Å². The molecule has 0 saturated heterocycles. The van der Waals surface area contributed by atoms with Crippen molar-refractivity contribution in [2.24, 2.45) is 0 Å². The topological polar surface area (TPSA) is 63.5 Å². The Hall–Kier alpha value is -1.49. The summed E-state index contributed by atoms with van der Waals surface area (Å²) in [5.74, 6) is 1.88. The normalized spacial score (nSPS) is 12.3. The van der Waals surface area contributed by atoms with Crippen LogP contribution in [0.25, 0.3) is 0 Å². The number of hydrogen-bond donors (Lipinski definition) is 2. The number of ether oxygens (including phenoxy) is 1. The van der Waals surface area contributed by atoms with Crippen LogP contribution in [0.15, 0.2) is 16.5 Å². The van der Waals surface area contributed by atoms with Gasteiger partial charge in [0.25, 0.3) is 0 Å². The highest BCUT2D eigenvalue weighted by molar-refractivity contribution is 5.67. The second kappa shape index (κ2) is 6.98. The summed E-state index contributed by atoms with van der Waals surface area (Å²) in [5, 5.41) is 6.14. The van der Waals surface area contributed by atoms with Crippen molar-refractivity contribution >= 4 is 6.09 Å². The average Bonchev–Trinajstić information content (AvgIpc) is 2.80. The molecule has 5 heteroatoms. The summed E-state index contributed by atoms with van der Waals surface area (Å²) in [4.78, 5) is 11.6. The molecule has 0 aliphatic rings. The molecule has 0 radical (unpaired) electrons. The first-order chi connectivity index (χ1) is 9.61. The molecule has 0 aliphatic carbocycles. The Balaban J connectivity index is 2.37. The van der Waals surface area contributed by atoms with Crippen molar-refractivity contribution in [3.05, 3.63) is 23.7 Å². The van der Waals surface area contributed by atoms with Gasteiger partial charge in [0.15, 0.2) is 0 Å². The van der Waals surface area contributed by atoms with Gasteiger partial charge in [-0.1, -0.05) is 6.92 Å². The van der Waals surface area contributed by atoms with Gasteiger partial charge in [-0.2, -0.15) is 0 Å². The molecule has 1 amide bonds. The zero-order valence-electron chi connectivity index (χ0n) is 14.0. The summed E-state index contributed by atoms with van der Waals surface area (Å²) in [6.45, 7) is 12.7. The number of nitrogens with one attached hydrogen (secondary N) is 2. The van der Waals surface area contributed by atoms with Crippen LogP contribution in [0.2, 0.25) is 0 Å². The first-order valence-electron chi connectivity index (χ1n) is 7.41. The molecule has 1 aromatic heterocycles. The maximum absolute atomic E-state index is 11.6. The Kier molecular flexibility index (Phi) is 5.84. The lowest BCUT2D eigenvalue weighted by Crippen LogP contribution is -2.49. The molecule has 120 valence electrons. The van der Waals surface area contributed by atoms with E-state index in [2.05, 4.69) is 17.6 Å². The monoisotopic (exact) mass is 296 g/mol. The van der Waals surface area contributed by atoms with Gasteiger partial charge in [-0.15, -0.1) is 0 Å². The van der Waals surface area contributed by atoms with Gasteiger partial charge in [-0.25, -0.2) is 4.79 Å². The number of aryl methyl sites for hydroxylation is 1. The van der Waals surface area contributed by atoms with E-state index in [1.807, 2.05) is 46.8 Å². The molecule has 1 aromatic rings. The van der Waals surface area contributed by atoms with Crippen LogP contribution in [0.4, 0.5) is 4.79 Å². The van der Waals surface area contributed by atoms with Crippen molar-refractivity contribution in [1.82, 2.24) is 10.6 Å². The van der Waals surface area contributed by atoms with Gasteiger partial charge in [0, 0.05) is 18.5 Å². The van der Waals surface area contributed by atoms with Gasteiger partial charge in [0.1, 0.15) is 17.1 Å². The number of carbonyl (C=O) groups is 1. The highest BCUT2D eigenvalue weighted by Crippen LogP contribution is 2.11. The van der Waals surface area contributed by atoms with Crippen LogP contribution < -0.4 is 10.6 Å². The van der Waals surface area contributed by atoms with Crippen molar-refractivity contribution in [3.8, 4) is 0 Å². The first kappa shape index (κ1) is 17.6. The van der Waals surface area contributed by atoms with E-state index in [9.17, 15) is 4.79 Å². The SMILES string of the molecule is CCc1ccc(CNC(C)(C)CNC(=O)OC(C)(C)C)o1. The summed E-state index contributed by atoms with van der Waals surface area (Å²) < 4.78 is 10.9. The number of alkyl carbamates (subject to hydrolysis) is 1. The van der Waals surface area contributed by atoms with Crippen molar-refractivity contribution in [3.63, 3.8) is 0 Å². The first-order valence-corrected chi connectivity index (χ1v) is 7.41. The number of carbonyl (C=O) groups excluding carboxylic acids is 1. The zero-order valence-corrected chi connectivity index (χ0v) is 14.0. The van der Waals surface area contributed by atoms with Crippen LogP contribution >= 0.6 is 0 Å². The van der Waals surface area contributed by atoms with Crippen LogP contribution in [0.3, 0.4) is 0 Å². The van der Waals surface area contributed by atoms with Crippen LogP contribution in [0, 0.1) is 0 Å². The molecule has 0 aliphatic heterocycles. The minimum atomic E-state index is -0.480. The van der Waals surface area contributed by atoms with Crippen molar-refractivity contribution in [2.75, 3.05) is 6.54 Å². The maximum Gasteiger partial charge on any atom is 0.407 e. The molecule has 21 heavy (non-hydrogen) atoms. The highest BCUT2D eigenvalue weighted by Gasteiger charge is 2.21. The van der Waals surface area contributed by atoms with Gasteiger partial charge in [-0.05, 0) is 46.8 Å². The smallest absolute Gasteiger partial charge is 0.407 e. The predicted molar refractivity (Wildman–Crippen MR) is 83.2 cm³/mol. The Bertz CT molecular complexity index is 458. The van der Waals surface area contributed by atoms with E-state index in [0.717, 1.165) is 17.9 Å². The molecular formula is C16H28N2O3. The van der Waals surface area contributed by atoms with E-state index in [1.165, 1.54) is 0 Å². The number of rotatable bonds is 6. The van der Waals surface area contributed by atoms with Crippen LogP contribution in [-0.4, -0.2) is 23.8 Å². The predicted octanol–water partition coefficient (Wildman–Crippen LogP) is 3.23. The number of amides is 1. The molecule has 0 saturated carbocycles. The second-order valence-corrected chi connectivity index (χ2v) is 6.81. The summed E-state index contributed by atoms with van der Waals surface area (Å²) in [7, 11) is 0. The van der Waals surface area contributed by atoms with Crippen LogP contribution in [-0.2, 0) is 17.7 Å². The molecule has 5 nitrogen and oxygen atoms in total. The lowest BCUT2D eigenvalue weighted by Gasteiger charge is -2.27. The largest absolute Gasteiger partial charge is 0.465 e. The Morgan fingerprint density at radius 2 is 1.81 bits per heavy atom. The van der Waals surface area contributed by atoms with E-state index in [-0.39, 0.29) is 5.54 Å². The minimum Gasteiger partial charge on any atom is -0.465 e. The molecule has 0 fully saturated rings. The van der Waals surface area contributed by atoms with Crippen LogP contribution in [0.5, 0.6) is 0 Å². The number of furan rings is 1. The van der Waals surface area contributed by atoms with Crippen molar-refractivity contribution in [2.45, 2.75) is 65.6 Å². The maximum atomic E-state index is 11.6. The molecule has 1 rings (SSSR count). The minimum absolute atomic E-state index is 0.254. The van der Waals surface area contributed by atoms with Crippen LogP contribution in [0.1, 0.15) is 53.1 Å². The molecule has 1 heterocycles. The van der Waals surface area contributed by atoms with Gasteiger partial charge >= 0.3 is 6.09 Å². The fraction of sp³-hybridized carbons (Fsp3) is 0.688. The van der Waals surface area contributed by atoms with E-state index in [0.29, 0.717) is 13.1 Å². The number of hydrogen-bond acceptors (Lipinski definition) is 4. The second-order valence-electron chi connectivity index (χ2n) is 6.81. The molecule has 0 spiro atoms.